The van der Waals surface area contributed by atoms with Crippen LogP contribution in [0.4, 0.5) is 5.82 Å². The second-order valence-corrected chi connectivity index (χ2v) is 3.74. The van der Waals surface area contributed by atoms with Gasteiger partial charge in [0, 0.05) is 5.56 Å². The molecule has 0 saturated carbocycles. The van der Waals surface area contributed by atoms with E-state index >= 15 is 0 Å². The predicted molar refractivity (Wildman–Crippen MR) is 67.6 cm³/mol. The predicted octanol–water partition coefficient (Wildman–Crippen LogP) is 0.431. The van der Waals surface area contributed by atoms with Crippen molar-refractivity contribution in [3.63, 3.8) is 0 Å². The summed E-state index contributed by atoms with van der Waals surface area (Å²) in [5, 5.41) is 14.2. The van der Waals surface area contributed by atoms with Crippen molar-refractivity contribution in [2.75, 3.05) is 0 Å². The molecule has 2 aromatic rings. The fourth-order valence-electron chi connectivity index (χ4n) is 1.45. The fourth-order valence-corrected chi connectivity index (χ4v) is 1.45. The number of nitrogen functional groups attached to an aromatic ring is 1. The number of hydrogen-bond acceptors (Lipinski definition) is 6. The van der Waals surface area contributed by atoms with Gasteiger partial charge in [-0.15, -0.1) is 4.68 Å². The number of carbonyl (C=O) groups is 1. The van der Waals surface area contributed by atoms with Crippen LogP contribution in [0.5, 0.6) is 5.75 Å². The maximum Gasteiger partial charge on any atom is 0.390 e. The topological polar surface area (TPSA) is 125 Å². The van der Waals surface area contributed by atoms with E-state index in [1.54, 1.807) is 24.3 Å². The first kappa shape index (κ1) is 13.5. The Bertz CT molecular complexity index is 622. The number of amides is 1. The standard InChI is InChI=1S/C11H11N5O4/c12-13-11(17)8-1-3-9(4-2-8)20-7-15-6-5-10(14-15)16(18)19/h1-6H,7,12H2,(H,13,17). The zero-order valence-electron chi connectivity index (χ0n) is 10.2. The number of carbonyl (C=O) groups excluding carboxylic acids is 1. The zero-order valence-corrected chi connectivity index (χ0v) is 10.2. The fraction of sp³-hybridized carbons (Fsp3) is 0.0909. The summed E-state index contributed by atoms with van der Waals surface area (Å²) in [7, 11) is 0. The number of hydrazine groups is 1. The highest BCUT2D eigenvalue weighted by molar-refractivity contribution is 5.93. The molecule has 104 valence electrons. The molecule has 0 unspecified atom stereocenters. The lowest BCUT2D eigenvalue weighted by Crippen LogP contribution is -2.29. The van der Waals surface area contributed by atoms with E-state index in [0.29, 0.717) is 11.3 Å². The molecule has 0 bridgehead atoms. The van der Waals surface area contributed by atoms with Crippen LogP contribution < -0.4 is 16.0 Å². The smallest absolute Gasteiger partial charge is 0.390 e. The van der Waals surface area contributed by atoms with Gasteiger partial charge in [0.25, 0.3) is 5.91 Å². The number of rotatable bonds is 5. The van der Waals surface area contributed by atoms with Gasteiger partial charge in [0.05, 0.1) is 17.4 Å². The SMILES string of the molecule is NNC(=O)c1ccc(OCn2ccc([N+](=O)[O-])n2)cc1. The number of hydrogen-bond donors (Lipinski definition) is 2. The van der Waals surface area contributed by atoms with Gasteiger partial charge in [-0.3, -0.25) is 10.2 Å². The summed E-state index contributed by atoms with van der Waals surface area (Å²) in [6.07, 6.45) is 1.44. The molecular formula is C11H11N5O4. The van der Waals surface area contributed by atoms with Gasteiger partial charge in [-0.25, -0.2) is 5.84 Å². The molecule has 0 spiro atoms. The molecule has 1 heterocycles. The molecule has 2 rings (SSSR count). The monoisotopic (exact) mass is 277 g/mol. The van der Waals surface area contributed by atoms with E-state index in [9.17, 15) is 14.9 Å². The molecule has 1 aromatic heterocycles. The Labute approximate surface area is 113 Å². The number of nitrogens with one attached hydrogen (secondary N) is 1. The lowest BCUT2D eigenvalue weighted by atomic mass is 10.2. The molecule has 0 fully saturated rings. The van der Waals surface area contributed by atoms with Crippen LogP contribution in [0.2, 0.25) is 0 Å². The molecule has 0 aliphatic heterocycles. The molecule has 0 aliphatic carbocycles. The van der Waals surface area contributed by atoms with Crippen molar-refractivity contribution in [3.05, 3.63) is 52.2 Å². The highest BCUT2D eigenvalue weighted by Crippen LogP contribution is 2.13. The Morgan fingerprint density at radius 2 is 2.10 bits per heavy atom. The van der Waals surface area contributed by atoms with Gasteiger partial charge in [-0.05, 0) is 29.2 Å². The van der Waals surface area contributed by atoms with E-state index < -0.39 is 10.8 Å². The van der Waals surface area contributed by atoms with Crippen molar-refractivity contribution in [1.29, 1.82) is 0 Å². The van der Waals surface area contributed by atoms with Gasteiger partial charge in [0.15, 0.2) is 0 Å². The van der Waals surface area contributed by atoms with Crippen LogP contribution in [0.25, 0.3) is 0 Å². The second-order valence-electron chi connectivity index (χ2n) is 3.74. The van der Waals surface area contributed by atoms with E-state index in [0.717, 1.165) is 0 Å². The van der Waals surface area contributed by atoms with Crippen LogP contribution in [0.1, 0.15) is 10.4 Å². The second kappa shape index (κ2) is 5.80. The van der Waals surface area contributed by atoms with Crippen molar-refractivity contribution < 1.29 is 14.5 Å². The van der Waals surface area contributed by atoms with E-state index in [2.05, 4.69) is 5.10 Å². The molecule has 1 amide bonds. The van der Waals surface area contributed by atoms with Gasteiger partial charge in [-0.1, -0.05) is 0 Å². The first-order valence-corrected chi connectivity index (χ1v) is 5.52. The van der Waals surface area contributed by atoms with Crippen LogP contribution in [0.15, 0.2) is 36.5 Å². The van der Waals surface area contributed by atoms with Crippen LogP contribution in [0, 0.1) is 10.1 Å². The molecule has 0 aliphatic rings. The molecule has 0 saturated heterocycles. The third kappa shape index (κ3) is 3.09. The quantitative estimate of drug-likeness (QED) is 0.353. The number of nitrogens with zero attached hydrogens (tertiary/aromatic N) is 3. The largest absolute Gasteiger partial charge is 0.469 e. The van der Waals surface area contributed by atoms with E-state index in [4.69, 9.17) is 10.6 Å². The summed E-state index contributed by atoms with van der Waals surface area (Å²) in [5.41, 5.74) is 2.41. The number of aromatic nitrogens is 2. The highest BCUT2D eigenvalue weighted by Gasteiger charge is 2.10. The third-order valence-corrected chi connectivity index (χ3v) is 2.42. The lowest BCUT2D eigenvalue weighted by molar-refractivity contribution is -0.389. The molecule has 20 heavy (non-hydrogen) atoms. The maximum atomic E-state index is 11.2. The molecular weight excluding hydrogens is 266 g/mol. The van der Waals surface area contributed by atoms with Crippen molar-refractivity contribution >= 4 is 11.7 Å². The van der Waals surface area contributed by atoms with Crippen LogP contribution in [-0.2, 0) is 6.73 Å². The van der Waals surface area contributed by atoms with Gasteiger partial charge in [-0.2, -0.15) is 0 Å². The normalized spacial score (nSPS) is 10.1. The van der Waals surface area contributed by atoms with Gasteiger partial charge in [0.2, 0.25) is 6.73 Å². The summed E-state index contributed by atoms with van der Waals surface area (Å²) in [4.78, 5) is 21.1. The molecule has 9 nitrogen and oxygen atoms in total. The number of nitro groups is 1. The average molecular weight is 277 g/mol. The summed E-state index contributed by atoms with van der Waals surface area (Å²) < 4.78 is 6.66. The minimum Gasteiger partial charge on any atom is -0.469 e. The van der Waals surface area contributed by atoms with Crippen molar-refractivity contribution in [3.8, 4) is 5.75 Å². The van der Waals surface area contributed by atoms with E-state index in [1.165, 1.54) is 16.9 Å². The van der Waals surface area contributed by atoms with Crippen molar-refractivity contribution in [1.82, 2.24) is 15.2 Å². The van der Waals surface area contributed by atoms with Gasteiger partial charge >= 0.3 is 5.82 Å². The van der Waals surface area contributed by atoms with Gasteiger partial charge < -0.3 is 14.9 Å². The van der Waals surface area contributed by atoms with Crippen LogP contribution >= 0.6 is 0 Å². The Morgan fingerprint density at radius 1 is 1.40 bits per heavy atom. The molecule has 3 N–H and O–H groups in total. The summed E-state index contributed by atoms with van der Waals surface area (Å²) in [6, 6.07) is 7.54. The van der Waals surface area contributed by atoms with Gasteiger partial charge in [0.1, 0.15) is 5.75 Å². The summed E-state index contributed by atoms with van der Waals surface area (Å²) in [5.74, 6) is 4.85. The highest BCUT2D eigenvalue weighted by atomic mass is 16.6. The zero-order chi connectivity index (χ0) is 14.5. The average Bonchev–Trinajstić information content (AvgIpc) is 2.94. The van der Waals surface area contributed by atoms with Crippen LogP contribution in [-0.4, -0.2) is 20.6 Å². The van der Waals surface area contributed by atoms with E-state index in [1.807, 2.05) is 5.43 Å². The number of benzene rings is 1. The first-order valence-electron chi connectivity index (χ1n) is 5.52. The summed E-state index contributed by atoms with van der Waals surface area (Å²) >= 11 is 0. The third-order valence-electron chi connectivity index (χ3n) is 2.42. The maximum absolute atomic E-state index is 11.2. The molecule has 1 aromatic carbocycles. The van der Waals surface area contributed by atoms with Crippen molar-refractivity contribution in [2.24, 2.45) is 5.84 Å². The Morgan fingerprint density at radius 3 is 2.65 bits per heavy atom. The number of nitrogens with two attached hydrogens (primary N) is 1. The Hall–Kier alpha value is -2.94. The molecule has 0 radical (unpaired) electrons. The molecule has 0 atom stereocenters. The first-order chi connectivity index (χ1) is 9.60. The Kier molecular flexibility index (Phi) is 3.91. The number of ether oxygens (including phenoxy) is 1. The molecule has 9 heteroatoms. The Balaban J connectivity index is 1.96. The van der Waals surface area contributed by atoms with E-state index in [-0.39, 0.29) is 12.5 Å². The summed E-state index contributed by atoms with van der Waals surface area (Å²) in [6.45, 7) is 0.0241. The minimum absolute atomic E-state index is 0.0241. The lowest BCUT2D eigenvalue weighted by Gasteiger charge is -2.05. The van der Waals surface area contributed by atoms with Crippen molar-refractivity contribution in [2.45, 2.75) is 6.73 Å². The minimum atomic E-state index is -0.587. The van der Waals surface area contributed by atoms with Crippen LogP contribution in [0.3, 0.4) is 0 Å².